The summed E-state index contributed by atoms with van der Waals surface area (Å²) in [6.45, 7) is 12.6. The summed E-state index contributed by atoms with van der Waals surface area (Å²) in [5.74, 6) is 5.05. The summed E-state index contributed by atoms with van der Waals surface area (Å²) in [4.78, 5) is 13.4. The van der Waals surface area contributed by atoms with Crippen LogP contribution < -0.4 is 5.32 Å². The second-order valence-corrected chi connectivity index (χ2v) is 17.2. The van der Waals surface area contributed by atoms with Crippen LogP contribution in [0, 0.1) is 46.3 Å². The van der Waals surface area contributed by atoms with Gasteiger partial charge in [0.2, 0.25) is 0 Å². The van der Waals surface area contributed by atoms with Gasteiger partial charge in [-0.25, -0.2) is 4.79 Å². The van der Waals surface area contributed by atoms with Gasteiger partial charge < -0.3 is 4.74 Å². The molecule has 4 aromatic carbocycles. The average molecular weight is 630 g/mol. The van der Waals surface area contributed by atoms with Crippen molar-refractivity contribution in [2.75, 3.05) is 5.32 Å². The summed E-state index contributed by atoms with van der Waals surface area (Å²) in [6, 6.07) is 19.3. The number of allylic oxidation sites excluding steroid dienone is 1. The van der Waals surface area contributed by atoms with Crippen LogP contribution in [0.15, 0.2) is 66.2 Å². The van der Waals surface area contributed by atoms with E-state index >= 15 is 0 Å². The number of ether oxygens (including phenoxy) is 1. The van der Waals surface area contributed by atoms with Gasteiger partial charge in [0.15, 0.2) is 0 Å². The summed E-state index contributed by atoms with van der Waals surface area (Å²) >= 11 is 0. The van der Waals surface area contributed by atoms with E-state index in [0.29, 0.717) is 5.41 Å². The first kappa shape index (κ1) is 31.2. The number of carbonyl (C=O) groups is 1. The Morgan fingerprint density at radius 1 is 0.851 bits per heavy atom. The van der Waals surface area contributed by atoms with Crippen molar-refractivity contribution in [2.45, 2.75) is 111 Å². The highest BCUT2D eigenvalue weighted by Gasteiger charge is 2.59. The van der Waals surface area contributed by atoms with Crippen LogP contribution in [-0.2, 0) is 4.74 Å². The maximum Gasteiger partial charge on any atom is 0.411 e. The molecule has 3 heteroatoms. The van der Waals surface area contributed by atoms with Crippen LogP contribution in [0.3, 0.4) is 0 Å². The predicted molar refractivity (Wildman–Crippen MR) is 197 cm³/mol. The first-order valence-electron chi connectivity index (χ1n) is 19.0. The quantitative estimate of drug-likeness (QED) is 0.163. The fraction of sp³-hybridized carbons (Fsp3) is 0.568. The van der Waals surface area contributed by atoms with Crippen LogP contribution >= 0.6 is 0 Å². The van der Waals surface area contributed by atoms with Gasteiger partial charge in [0.05, 0.1) is 5.69 Å². The van der Waals surface area contributed by atoms with Gasteiger partial charge in [-0.15, -0.1) is 0 Å². The molecule has 1 N–H and O–H groups in total. The van der Waals surface area contributed by atoms with E-state index in [9.17, 15) is 4.79 Å². The van der Waals surface area contributed by atoms with Gasteiger partial charge in [0.25, 0.3) is 0 Å². The lowest BCUT2D eigenvalue weighted by Crippen LogP contribution is -2.51. The van der Waals surface area contributed by atoms with Crippen LogP contribution in [0.4, 0.5) is 10.5 Å². The molecule has 3 fully saturated rings. The minimum Gasteiger partial charge on any atom is -0.446 e. The molecule has 47 heavy (non-hydrogen) atoms. The van der Waals surface area contributed by atoms with E-state index in [-0.39, 0.29) is 17.6 Å². The number of hydrogen-bond acceptors (Lipinski definition) is 2. The molecule has 0 bridgehead atoms. The summed E-state index contributed by atoms with van der Waals surface area (Å²) in [6.07, 6.45) is 16.3. The topological polar surface area (TPSA) is 38.3 Å². The molecule has 0 heterocycles. The summed E-state index contributed by atoms with van der Waals surface area (Å²) in [7, 11) is 0. The van der Waals surface area contributed by atoms with Gasteiger partial charge in [-0.2, -0.15) is 0 Å². The van der Waals surface area contributed by atoms with E-state index in [1.165, 1.54) is 78.3 Å². The summed E-state index contributed by atoms with van der Waals surface area (Å²) < 4.78 is 6.20. The van der Waals surface area contributed by atoms with Crippen LogP contribution in [0.2, 0.25) is 0 Å². The van der Waals surface area contributed by atoms with E-state index in [1.807, 2.05) is 6.07 Å². The third kappa shape index (κ3) is 5.17. The molecule has 0 spiro atoms. The van der Waals surface area contributed by atoms with Crippen molar-refractivity contribution >= 4 is 44.1 Å². The van der Waals surface area contributed by atoms with Gasteiger partial charge in [-0.1, -0.05) is 114 Å². The van der Waals surface area contributed by atoms with Crippen LogP contribution in [0.1, 0.15) is 105 Å². The molecule has 0 radical (unpaired) electrons. The zero-order valence-electron chi connectivity index (χ0n) is 29.4. The predicted octanol–water partition coefficient (Wildman–Crippen LogP) is 12.5. The largest absolute Gasteiger partial charge is 0.446 e. The van der Waals surface area contributed by atoms with E-state index < -0.39 is 0 Å². The second kappa shape index (κ2) is 11.8. The Balaban J connectivity index is 0.945. The molecule has 248 valence electrons. The maximum atomic E-state index is 13.4. The molecule has 0 aliphatic heterocycles. The van der Waals surface area contributed by atoms with Crippen LogP contribution in [0.25, 0.3) is 32.3 Å². The maximum absolute atomic E-state index is 13.4. The highest BCUT2D eigenvalue weighted by atomic mass is 16.6. The van der Waals surface area contributed by atoms with E-state index in [0.717, 1.165) is 65.8 Å². The number of rotatable bonds is 7. The number of carbonyl (C=O) groups excluding carboxylic acids is 1. The molecule has 4 aromatic rings. The Morgan fingerprint density at radius 2 is 1.60 bits per heavy atom. The zero-order chi connectivity index (χ0) is 32.5. The number of amides is 1. The molecule has 3 saturated carbocycles. The SMILES string of the molecule is CC(C)CCC[C@@H](C)[C@H]1CC[C@H]2[C@@H]3CC=C4C[C@@H](OC(=O)Nc5ccc6ccc7cccc8ccc5c6c78)CC[C@]4(C)[C@H]3CC[C@]12C. The number of hydrogen-bond donors (Lipinski definition) is 1. The second-order valence-electron chi connectivity index (χ2n) is 17.2. The molecule has 3 nitrogen and oxygen atoms in total. The van der Waals surface area contributed by atoms with Crippen molar-refractivity contribution in [1.29, 1.82) is 0 Å². The molecule has 4 aliphatic carbocycles. The van der Waals surface area contributed by atoms with Gasteiger partial charge >= 0.3 is 6.09 Å². The average Bonchev–Trinajstić information content (AvgIpc) is 3.41. The third-order valence-corrected chi connectivity index (χ3v) is 14.3. The first-order chi connectivity index (χ1) is 22.7. The van der Waals surface area contributed by atoms with Crippen LogP contribution in [0.5, 0.6) is 0 Å². The molecule has 0 unspecified atom stereocenters. The minimum atomic E-state index is -0.323. The lowest BCUT2D eigenvalue weighted by atomic mass is 9.47. The van der Waals surface area contributed by atoms with E-state index in [4.69, 9.17) is 4.74 Å². The molecule has 8 atom stereocenters. The van der Waals surface area contributed by atoms with Crippen molar-refractivity contribution in [2.24, 2.45) is 46.3 Å². The molecule has 1 amide bonds. The Labute approximate surface area is 282 Å². The number of anilines is 1. The van der Waals surface area contributed by atoms with Crippen molar-refractivity contribution in [3.8, 4) is 0 Å². The minimum absolute atomic E-state index is 0.0536. The van der Waals surface area contributed by atoms with Gasteiger partial charge in [0, 0.05) is 11.8 Å². The van der Waals surface area contributed by atoms with Crippen molar-refractivity contribution in [1.82, 2.24) is 0 Å². The molecule has 0 aromatic heterocycles. The lowest BCUT2D eigenvalue weighted by molar-refractivity contribution is -0.0577. The van der Waals surface area contributed by atoms with Crippen molar-refractivity contribution < 1.29 is 9.53 Å². The first-order valence-corrected chi connectivity index (χ1v) is 19.0. The van der Waals surface area contributed by atoms with Crippen LogP contribution in [-0.4, -0.2) is 12.2 Å². The molecule has 4 aliphatic rings. The molecular weight excluding hydrogens is 574 g/mol. The molecular formula is C44H55NO2. The van der Waals surface area contributed by atoms with Gasteiger partial charge in [-0.3, -0.25) is 5.32 Å². The van der Waals surface area contributed by atoms with Gasteiger partial charge in [-0.05, 0) is 124 Å². The molecule has 0 saturated heterocycles. The summed E-state index contributed by atoms with van der Waals surface area (Å²) in [5, 5.41) is 10.4. The van der Waals surface area contributed by atoms with Crippen molar-refractivity contribution in [3.63, 3.8) is 0 Å². The molecule has 8 rings (SSSR count). The Hall–Kier alpha value is -3.07. The Kier molecular flexibility index (Phi) is 7.85. The van der Waals surface area contributed by atoms with E-state index in [1.54, 1.807) is 5.57 Å². The smallest absolute Gasteiger partial charge is 0.411 e. The zero-order valence-corrected chi connectivity index (χ0v) is 29.4. The Morgan fingerprint density at radius 3 is 2.38 bits per heavy atom. The fourth-order valence-corrected chi connectivity index (χ4v) is 11.9. The highest BCUT2D eigenvalue weighted by Crippen LogP contribution is 2.67. The normalized spacial score (nSPS) is 32.6. The number of fused-ring (bicyclic) bond motifs is 5. The Bertz CT molecular complexity index is 1800. The van der Waals surface area contributed by atoms with Gasteiger partial charge in [0.1, 0.15) is 6.10 Å². The van der Waals surface area contributed by atoms with E-state index in [2.05, 4.69) is 94.5 Å². The lowest BCUT2D eigenvalue weighted by Gasteiger charge is -2.58. The fourth-order valence-electron chi connectivity index (χ4n) is 11.9. The number of nitrogens with one attached hydrogen (secondary N) is 1. The monoisotopic (exact) mass is 629 g/mol. The number of benzene rings is 4. The third-order valence-electron chi connectivity index (χ3n) is 14.3. The highest BCUT2D eigenvalue weighted by molar-refractivity contribution is 6.25. The van der Waals surface area contributed by atoms with Crippen molar-refractivity contribution in [3.05, 3.63) is 66.2 Å². The standard InChI is InChI=1S/C44H55NO2/c1-27(2)8-6-9-28(3)36-19-20-37-34-18-16-32-26-33(22-24-43(32,4)38(34)23-25-44(36,37)5)47-42(46)45-39-21-15-31-13-12-29-10-7-11-30-14-17-35(39)41(31)40(29)30/h7,10-17,21,27-28,33-34,36-38H,6,8-9,18-20,22-26H2,1-5H3,(H,45,46)/t28-,33+,34+,36-,37+,38+,43+,44-/m1/s1. The summed E-state index contributed by atoms with van der Waals surface area (Å²) in [5.41, 5.74) is 3.18.